The number of pyridine rings is 1. The lowest BCUT2D eigenvalue weighted by atomic mass is 9.94. The normalized spacial score (nSPS) is 16.2. The zero-order valence-corrected chi connectivity index (χ0v) is 34.0. The third-order valence-electron chi connectivity index (χ3n) is 11.6. The van der Waals surface area contributed by atoms with Gasteiger partial charge in [-0.15, -0.1) is 0 Å². The SMILES string of the molecule is [2H]c1c([2H])c(-c2cccc(-c3c([2H])c([2H])c(C([2H])([2H])[2H])c([2H])c3[2H])c2N2CN(c3cccc(Oc4ccc5c(c4)-c4ncccc4[Si]5(c4ccccc4)c4ccccc4)c3)c3ccccc32)c([2H])c([2H])c1C. The molecule has 2 aliphatic rings. The van der Waals surface area contributed by atoms with Crippen molar-refractivity contribution in [2.24, 2.45) is 0 Å². The highest BCUT2D eigenvalue weighted by Gasteiger charge is 2.49. The summed E-state index contributed by atoms with van der Waals surface area (Å²) in [5.41, 5.74) is 4.06. The molecule has 9 aromatic rings. The second kappa shape index (κ2) is 15.0. The van der Waals surface area contributed by atoms with E-state index in [4.69, 9.17) is 19.3 Å². The smallest absolute Gasteiger partial charge is 0.182 e. The van der Waals surface area contributed by atoms with Crippen LogP contribution in [0.2, 0.25) is 0 Å². The molecule has 0 saturated carbocycles. The van der Waals surface area contributed by atoms with Crippen molar-refractivity contribution >= 4 is 51.6 Å². The second-order valence-corrected chi connectivity index (χ2v) is 18.9. The predicted molar refractivity (Wildman–Crippen MR) is 256 cm³/mol. The molecule has 0 fully saturated rings. The molecule has 0 atom stereocenters. The Morgan fingerprint density at radius 2 is 1.15 bits per heavy atom. The molecule has 61 heavy (non-hydrogen) atoms. The van der Waals surface area contributed by atoms with E-state index in [0.717, 1.165) is 22.6 Å². The van der Waals surface area contributed by atoms with Crippen LogP contribution in [0.25, 0.3) is 33.5 Å². The average Bonchev–Trinajstić information content (AvgIpc) is 3.91. The van der Waals surface area contributed by atoms with Crippen LogP contribution in [0.3, 0.4) is 0 Å². The number of aromatic nitrogens is 1. The Hall–Kier alpha value is -7.47. The van der Waals surface area contributed by atoms with E-state index in [-0.39, 0.29) is 64.3 Å². The van der Waals surface area contributed by atoms with Gasteiger partial charge in [0.1, 0.15) is 18.2 Å². The van der Waals surface area contributed by atoms with Gasteiger partial charge >= 0.3 is 0 Å². The maximum absolute atomic E-state index is 9.21. The predicted octanol–water partition coefficient (Wildman–Crippen LogP) is 11.4. The van der Waals surface area contributed by atoms with Crippen molar-refractivity contribution in [3.63, 3.8) is 0 Å². The summed E-state index contributed by atoms with van der Waals surface area (Å²) in [6, 6.07) is 48.4. The topological polar surface area (TPSA) is 28.6 Å². The van der Waals surface area contributed by atoms with E-state index in [2.05, 4.69) is 66.7 Å². The summed E-state index contributed by atoms with van der Waals surface area (Å²) in [6.45, 7) is -1.31. The summed E-state index contributed by atoms with van der Waals surface area (Å²) in [6.07, 6.45) is 1.84. The molecule has 292 valence electrons. The molecule has 5 heteroatoms. The van der Waals surface area contributed by atoms with Gasteiger partial charge in [0.25, 0.3) is 0 Å². The molecule has 0 N–H and O–H groups in total. The van der Waals surface area contributed by atoms with Crippen LogP contribution in [0.4, 0.5) is 22.7 Å². The van der Waals surface area contributed by atoms with Crippen molar-refractivity contribution < 1.29 is 19.8 Å². The minimum absolute atomic E-state index is 0.0206. The fourth-order valence-corrected chi connectivity index (χ4v) is 14.1. The minimum Gasteiger partial charge on any atom is -0.457 e. The van der Waals surface area contributed by atoms with E-state index in [1.54, 1.807) is 18.2 Å². The van der Waals surface area contributed by atoms with E-state index in [0.29, 0.717) is 17.2 Å². The molecule has 1 aromatic heterocycles. The van der Waals surface area contributed by atoms with Gasteiger partial charge in [-0.2, -0.15) is 0 Å². The first-order chi connectivity index (χ1) is 34.6. The molecule has 0 bridgehead atoms. The summed E-state index contributed by atoms with van der Waals surface area (Å²) < 4.78 is 103. The first kappa shape index (κ1) is 26.6. The third kappa shape index (κ3) is 6.16. The van der Waals surface area contributed by atoms with Gasteiger partial charge in [0.05, 0.1) is 33.7 Å². The fourth-order valence-electron chi connectivity index (χ4n) is 9.01. The fraction of sp³-hybridized carbons (Fsp3) is 0.0536. The molecule has 2 aliphatic heterocycles. The number of anilines is 4. The molecule has 8 aromatic carbocycles. The number of para-hydroxylation sites is 3. The van der Waals surface area contributed by atoms with Gasteiger partial charge in [-0.3, -0.25) is 4.98 Å². The molecular formula is C56H43N3OSi. The minimum atomic E-state index is -2.94. The van der Waals surface area contributed by atoms with Crippen molar-refractivity contribution in [1.29, 1.82) is 0 Å². The largest absolute Gasteiger partial charge is 0.457 e. The second-order valence-electron chi connectivity index (χ2n) is 15.1. The Labute approximate surface area is 374 Å². The van der Waals surface area contributed by atoms with E-state index in [1.165, 1.54) is 27.7 Å². The van der Waals surface area contributed by atoms with Crippen molar-refractivity contribution in [2.75, 3.05) is 16.5 Å². The summed E-state index contributed by atoms with van der Waals surface area (Å²) in [5.74, 6) is 1.18. The Kier molecular flexibility index (Phi) is 6.52. The molecule has 4 nitrogen and oxygen atoms in total. The van der Waals surface area contributed by atoms with E-state index < -0.39 is 44.7 Å². The molecule has 0 radical (unpaired) electrons. The van der Waals surface area contributed by atoms with Crippen LogP contribution in [-0.4, -0.2) is 19.7 Å². The molecule has 0 spiro atoms. The Morgan fingerprint density at radius 3 is 1.82 bits per heavy atom. The van der Waals surface area contributed by atoms with Crippen molar-refractivity contribution in [2.45, 2.75) is 13.8 Å². The number of fused-ring (bicyclic) bond motifs is 4. The van der Waals surface area contributed by atoms with Gasteiger partial charge in [-0.1, -0.05) is 169 Å². The highest BCUT2D eigenvalue weighted by atomic mass is 28.3. The number of hydrogen-bond acceptors (Lipinski definition) is 4. The molecule has 3 heterocycles. The maximum Gasteiger partial charge on any atom is 0.182 e. The first-order valence-corrected chi connectivity index (χ1v) is 22.1. The molecule has 11 rings (SSSR count). The van der Waals surface area contributed by atoms with Crippen LogP contribution in [0.5, 0.6) is 11.5 Å². The standard InChI is InChI=1S/C56H43N3OSi/c1-39-25-29-41(30-26-39)48-20-12-21-49(42-31-27-40(2)28-32-42)56(48)59-38-58(51-22-9-10-23-52(51)59)43-14-11-15-44(36-43)60-45-33-34-53-50(37-45)55-54(24-13-35-57-55)61(53,46-16-5-3-6-17-46)47-18-7-4-8-19-47/h3-37H,38H2,1-2H3/i1D3,25D,26D,27D,28D,29D,30D,31D,32D. The molecule has 0 aliphatic carbocycles. The number of benzene rings is 8. The number of hydrogen-bond donors (Lipinski definition) is 0. The lowest BCUT2D eigenvalue weighted by molar-refractivity contribution is 0.483. The van der Waals surface area contributed by atoms with Crippen LogP contribution < -0.4 is 35.3 Å². The summed E-state index contributed by atoms with van der Waals surface area (Å²) in [4.78, 5) is 8.92. The lowest BCUT2D eigenvalue weighted by Crippen LogP contribution is -2.72. The van der Waals surface area contributed by atoms with Gasteiger partial charge in [0.15, 0.2) is 8.07 Å². The lowest BCUT2D eigenvalue weighted by Gasteiger charge is -2.31. The quantitative estimate of drug-likeness (QED) is 0.143. The van der Waals surface area contributed by atoms with Crippen LogP contribution in [0, 0.1) is 13.8 Å². The van der Waals surface area contributed by atoms with Gasteiger partial charge < -0.3 is 14.5 Å². The van der Waals surface area contributed by atoms with Crippen LogP contribution in [-0.2, 0) is 0 Å². The Morgan fingerprint density at radius 1 is 0.541 bits per heavy atom. The van der Waals surface area contributed by atoms with Crippen molar-refractivity contribution in [3.8, 4) is 45.0 Å². The summed E-state index contributed by atoms with van der Waals surface area (Å²) in [5, 5.41) is 4.96. The zero-order valence-electron chi connectivity index (χ0n) is 44.0. The number of ether oxygens (including phenoxy) is 1. The van der Waals surface area contributed by atoms with E-state index in [1.807, 2.05) is 88.8 Å². The molecule has 0 unspecified atom stereocenters. The van der Waals surface area contributed by atoms with E-state index >= 15 is 0 Å². The van der Waals surface area contributed by atoms with Crippen molar-refractivity contribution in [1.82, 2.24) is 4.98 Å². The Balaban J connectivity index is 1.03. The van der Waals surface area contributed by atoms with Crippen LogP contribution in [0.15, 0.2) is 212 Å². The van der Waals surface area contributed by atoms with Gasteiger partial charge in [-0.25, -0.2) is 0 Å². The Bertz CT molecular complexity index is 3570. The highest BCUT2D eigenvalue weighted by Crippen LogP contribution is 2.50. The monoisotopic (exact) mass is 812 g/mol. The van der Waals surface area contributed by atoms with Crippen LogP contribution >= 0.6 is 0 Å². The molecule has 0 saturated heterocycles. The van der Waals surface area contributed by atoms with Gasteiger partial charge in [0.2, 0.25) is 0 Å². The van der Waals surface area contributed by atoms with Crippen molar-refractivity contribution in [3.05, 3.63) is 223 Å². The average molecular weight is 813 g/mol. The maximum atomic E-state index is 9.21. The molecule has 0 amide bonds. The molecular weight excluding hydrogens is 759 g/mol. The van der Waals surface area contributed by atoms with Gasteiger partial charge in [0, 0.05) is 38.8 Å². The van der Waals surface area contributed by atoms with E-state index in [9.17, 15) is 5.48 Å². The third-order valence-corrected chi connectivity index (χ3v) is 16.5. The zero-order chi connectivity index (χ0) is 50.4. The van der Waals surface area contributed by atoms with Gasteiger partial charge in [-0.05, 0) is 88.1 Å². The first-order valence-electron chi connectivity index (χ1n) is 25.6. The number of rotatable bonds is 8. The number of nitrogens with zero attached hydrogens (tertiary/aromatic N) is 3. The highest BCUT2D eigenvalue weighted by molar-refractivity contribution is 7.22. The van der Waals surface area contributed by atoms with Crippen LogP contribution in [0.1, 0.15) is 26.2 Å². The summed E-state index contributed by atoms with van der Waals surface area (Å²) in [7, 11) is -2.76. The summed E-state index contributed by atoms with van der Waals surface area (Å²) >= 11 is 0.